The summed E-state index contributed by atoms with van der Waals surface area (Å²) in [7, 11) is 0. The quantitative estimate of drug-likeness (QED) is 0.346. The fourth-order valence-corrected chi connectivity index (χ4v) is 7.21. The topological polar surface area (TPSA) is 110 Å². The predicted molar refractivity (Wildman–Crippen MR) is 124 cm³/mol. The molecule has 7 heteroatoms. The summed E-state index contributed by atoms with van der Waals surface area (Å²) in [6, 6.07) is 0. The molecule has 4 rings (SSSR count). The van der Waals surface area contributed by atoms with Gasteiger partial charge in [-0.15, -0.1) is 0 Å². The van der Waals surface area contributed by atoms with Gasteiger partial charge in [0.1, 0.15) is 12.7 Å². The van der Waals surface area contributed by atoms with Gasteiger partial charge in [0.15, 0.2) is 17.5 Å². The largest absolute Gasteiger partial charge is 0.463 e. The van der Waals surface area contributed by atoms with Crippen molar-refractivity contribution < 1.29 is 34.1 Å². The lowest BCUT2D eigenvalue weighted by Crippen LogP contribution is -2.66. The first-order chi connectivity index (χ1) is 15.8. The van der Waals surface area contributed by atoms with E-state index < -0.39 is 41.0 Å². The van der Waals surface area contributed by atoms with E-state index in [2.05, 4.69) is 13.8 Å². The molecule has 0 aromatic carbocycles. The van der Waals surface area contributed by atoms with Crippen molar-refractivity contribution in [2.24, 2.45) is 46.3 Å². The third-order valence-corrected chi connectivity index (χ3v) is 9.64. The van der Waals surface area contributed by atoms with Crippen LogP contribution in [-0.2, 0) is 23.9 Å². The number of hydrogen-bond acceptors (Lipinski definition) is 7. The number of aliphatic hydroxyl groups excluding tert-OH is 1. The van der Waals surface area contributed by atoms with Crippen molar-refractivity contribution in [3.63, 3.8) is 0 Å². The molecule has 2 saturated carbocycles. The third kappa shape index (κ3) is 3.12. The van der Waals surface area contributed by atoms with Crippen molar-refractivity contribution in [3.05, 3.63) is 23.3 Å². The molecule has 0 aliphatic heterocycles. The highest BCUT2D eigenvalue weighted by molar-refractivity contribution is 5.95. The summed E-state index contributed by atoms with van der Waals surface area (Å²) in [5.41, 5.74) is -2.75. The minimum atomic E-state index is -2.10. The van der Waals surface area contributed by atoms with Gasteiger partial charge in [0.05, 0.1) is 11.3 Å². The smallest absolute Gasteiger partial charge is 0.309 e. The fraction of sp³-hybridized carbons (Fsp3) is 0.741. The molecular weight excluding hydrogens is 436 g/mol. The summed E-state index contributed by atoms with van der Waals surface area (Å²) in [6.07, 6.45) is 1.43. The molecule has 0 aromatic rings. The molecule has 0 heterocycles. The van der Waals surface area contributed by atoms with E-state index in [1.54, 1.807) is 26.0 Å². The average Bonchev–Trinajstić information content (AvgIpc) is 3.26. The molecule has 4 aliphatic rings. The highest BCUT2D eigenvalue weighted by Gasteiger charge is 2.76. The number of carbonyl (C=O) groups is 3. The van der Waals surface area contributed by atoms with E-state index in [1.165, 1.54) is 0 Å². The Labute approximate surface area is 201 Å². The number of carbonyl (C=O) groups excluding carboxylic acids is 3. The number of hydrogen-bond donors (Lipinski definition) is 2. The predicted octanol–water partition coefficient (Wildman–Crippen LogP) is 2.84. The summed E-state index contributed by atoms with van der Waals surface area (Å²) in [5, 5.41) is 24.1. The highest BCUT2D eigenvalue weighted by Crippen LogP contribution is 2.71. The van der Waals surface area contributed by atoms with Crippen LogP contribution in [0.1, 0.15) is 54.9 Å². The van der Waals surface area contributed by atoms with Crippen LogP contribution in [0.15, 0.2) is 23.3 Å². The second-order valence-electron chi connectivity index (χ2n) is 12.0. The van der Waals surface area contributed by atoms with Crippen LogP contribution >= 0.6 is 0 Å². The van der Waals surface area contributed by atoms with Gasteiger partial charge in [0.25, 0.3) is 6.47 Å². The maximum Gasteiger partial charge on any atom is 0.309 e. The van der Waals surface area contributed by atoms with Crippen LogP contribution in [0.5, 0.6) is 0 Å². The molecule has 1 spiro atoms. The Morgan fingerprint density at radius 1 is 1.29 bits per heavy atom. The minimum absolute atomic E-state index is 0.0226. The maximum absolute atomic E-state index is 14.4. The van der Waals surface area contributed by atoms with Gasteiger partial charge in [-0.1, -0.05) is 53.7 Å². The maximum atomic E-state index is 14.4. The first-order valence-corrected chi connectivity index (χ1v) is 12.4. The first kappa shape index (κ1) is 25.1. The SMILES string of the molecule is CC1=C[C@]23C(=O)[C@@H](C=C(COC=O)[C@@H](O)[C@]2(O)[C@H]1OC(=O)C(C)C(C)C)[C@H]1[C@@H](C[C@H]3C)C1(C)C. The standard InChI is InChI=1S/C27H38O7/c1-13(2)16(5)24(31)34-23-14(3)10-26-15(4)8-19-20(25(19,6)7)18(22(26)30)9-17(11-33-12-28)21(29)27(23,26)32/h9-10,12-13,15-16,18-21,23,29,32H,8,11H2,1-7H3/t15-,16?,18+,19-,20+,21-,23+,26+,27+/m1/s1. The molecule has 2 bridgehead atoms. The van der Waals surface area contributed by atoms with Crippen molar-refractivity contribution in [1.82, 2.24) is 0 Å². The highest BCUT2D eigenvalue weighted by atomic mass is 16.6. The molecule has 0 saturated heterocycles. The Hall–Kier alpha value is -1.99. The van der Waals surface area contributed by atoms with Gasteiger partial charge in [0.2, 0.25) is 0 Å². The zero-order valence-corrected chi connectivity index (χ0v) is 21.2. The Balaban J connectivity index is 1.87. The number of rotatable bonds is 6. The molecule has 34 heavy (non-hydrogen) atoms. The number of ether oxygens (including phenoxy) is 2. The minimum Gasteiger partial charge on any atom is -0.463 e. The van der Waals surface area contributed by atoms with Crippen molar-refractivity contribution in [2.75, 3.05) is 6.61 Å². The number of fused-ring (bicyclic) bond motifs is 3. The Morgan fingerprint density at radius 3 is 2.53 bits per heavy atom. The molecular formula is C27H38O7. The Kier molecular flexibility index (Phi) is 5.92. The van der Waals surface area contributed by atoms with Crippen LogP contribution < -0.4 is 0 Å². The monoisotopic (exact) mass is 474 g/mol. The van der Waals surface area contributed by atoms with E-state index >= 15 is 0 Å². The summed E-state index contributed by atoms with van der Waals surface area (Å²) >= 11 is 0. The molecule has 7 nitrogen and oxygen atoms in total. The summed E-state index contributed by atoms with van der Waals surface area (Å²) in [5.74, 6) is -1.52. The number of aliphatic hydroxyl groups is 2. The van der Waals surface area contributed by atoms with Crippen LogP contribution in [0.2, 0.25) is 0 Å². The van der Waals surface area contributed by atoms with E-state index in [0.29, 0.717) is 5.57 Å². The van der Waals surface area contributed by atoms with E-state index in [1.807, 2.05) is 20.8 Å². The van der Waals surface area contributed by atoms with Gasteiger partial charge in [0, 0.05) is 5.92 Å². The normalized spacial score (nSPS) is 42.9. The molecule has 0 aromatic heterocycles. The average molecular weight is 475 g/mol. The van der Waals surface area contributed by atoms with Gasteiger partial charge < -0.3 is 19.7 Å². The lowest BCUT2D eigenvalue weighted by atomic mass is 9.59. The number of Topliss-reactive ketones (excluding diaryl/α,β-unsaturated/α-hetero) is 1. The Bertz CT molecular complexity index is 962. The molecule has 0 amide bonds. The van der Waals surface area contributed by atoms with Crippen LogP contribution in [0, 0.1) is 46.3 Å². The van der Waals surface area contributed by atoms with E-state index in [4.69, 9.17) is 9.47 Å². The van der Waals surface area contributed by atoms with Crippen molar-refractivity contribution >= 4 is 18.2 Å². The van der Waals surface area contributed by atoms with Gasteiger partial charge in [-0.05, 0) is 53.6 Å². The van der Waals surface area contributed by atoms with E-state index in [-0.39, 0.29) is 53.5 Å². The van der Waals surface area contributed by atoms with Crippen LogP contribution in [-0.4, -0.2) is 52.9 Å². The lowest BCUT2D eigenvalue weighted by Gasteiger charge is -2.49. The summed E-state index contributed by atoms with van der Waals surface area (Å²) in [6.45, 7) is 13.6. The zero-order chi connectivity index (χ0) is 25.4. The van der Waals surface area contributed by atoms with Crippen LogP contribution in [0.4, 0.5) is 0 Å². The third-order valence-electron chi connectivity index (χ3n) is 9.64. The number of allylic oxidation sites excluding steroid dienone is 1. The molecule has 9 atom stereocenters. The van der Waals surface area contributed by atoms with E-state index in [0.717, 1.165) is 6.42 Å². The number of esters is 1. The fourth-order valence-electron chi connectivity index (χ4n) is 7.21. The second kappa shape index (κ2) is 8.02. The zero-order valence-electron chi connectivity index (χ0n) is 21.2. The molecule has 4 aliphatic carbocycles. The van der Waals surface area contributed by atoms with Crippen molar-refractivity contribution in [3.8, 4) is 0 Å². The number of ketones is 1. The van der Waals surface area contributed by atoms with Gasteiger partial charge >= 0.3 is 5.97 Å². The van der Waals surface area contributed by atoms with Gasteiger partial charge in [-0.2, -0.15) is 0 Å². The van der Waals surface area contributed by atoms with Crippen molar-refractivity contribution in [1.29, 1.82) is 0 Å². The van der Waals surface area contributed by atoms with E-state index in [9.17, 15) is 24.6 Å². The van der Waals surface area contributed by atoms with Crippen molar-refractivity contribution in [2.45, 2.75) is 72.7 Å². The second-order valence-corrected chi connectivity index (χ2v) is 12.0. The lowest BCUT2D eigenvalue weighted by molar-refractivity contribution is -0.205. The van der Waals surface area contributed by atoms with Gasteiger partial charge in [-0.3, -0.25) is 14.4 Å². The molecule has 0 radical (unpaired) electrons. The van der Waals surface area contributed by atoms with Gasteiger partial charge in [-0.25, -0.2) is 0 Å². The molecule has 1 unspecified atom stereocenters. The summed E-state index contributed by atoms with van der Waals surface area (Å²) < 4.78 is 10.9. The van der Waals surface area contributed by atoms with Crippen LogP contribution in [0.3, 0.4) is 0 Å². The molecule has 188 valence electrons. The van der Waals surface area contributed by atoms with Crippen LogP contribution in [0.25, 0.3) is 0 Å². The molecule has 2 N–H and O–H groups in total. The Morgan fingerprint density at radius 2 is 1.94 bits per heavy atom. The first-order valence-electron chi connectivity index (χ1n) is 12.4. The molecule has 2 fully saturated rings. The summed E-state index contributed by atoms with van der Waals surface area (Å²) in [4.78, 5) is 38.3.